The summed E-state index contributed by atoms with van der Waals surface area (Å²) in [6, 6.07) is -0.877. The van der Waals surface area contributed by atoms with Crippen LogP contribution in [0.5, 0.6) is 0 Å². The molecule has 0 aliphatic rings. The Balaban J connectivity index is 4.44. The van der Waals surface area contributed by atoms with E-state index in [9.17, 15) is 14.7 Å². The number of rotatable bonds is 5. The highest BCUT2D eigenvalue weighted by molar-refractivity contribution is 7.98. The number of alkyl carbamates (subject to hydrolysis) is 1. The zero-order valence-electron chi connectivity index (χ0n) is 10.4. The van der Waals surface area contributed by atoms with Gasteiger partial charge >= 0.3 is 12.1 Å². The van der Waals surface area contributed by atoms with E-state index in [1.807, 2.05) is 0 Å². The number of carbonyl (C=O) groups is 2. The van der Waals surface area contributed by atoms with Gasteiger partial charge in [-0.05, 0) is 27.0 Å². The highest BCUT2D eigenvalue weighted by Crippen LogP contribution is 2.09. The van der Waals surface area contributed by atoms with Gasteiger partial charge in [-0.15, -0.1) is 0 Å². The topological polar surface area (TPSA) is 95.9 Å². The molecule has 0 unspecified atom stereocenters. The Morgan fingerprint density at radius 2 is 1.94 bits per heavy atom. The van der Waals surface area contributed by atoms with Gasteiger partial charge in [0.1, 0.15) is 5.60 Å². The summed E-state index contributed by atoms with van der Waals surface area (Å²) >= 11 is 1.32. The van der Waals surface area contributed by atoms with Gasteiger partial charge < -0.3 is 20.3 Å². The number of aliphatic hydroxyl groups excluding tert-OH is 1. The molecule has 0 aliphatic carbocycles. The van der Waals surface area contributed by atoms with Gasteiger partial charge in [0.25, 0.3) is 0 Å². The van der Waals surface area contributed by atoms with Crippen LogP contribution in [0.3, 0.4) is 0 Å². The fraction of sp³-hybridized carbons (Fsp3) is 0.800. The minimum Gasteiger partial charge on any atom is -0.479 e. The molecule has 1 amide bonds. The van der Waals surface area contributed by atoms with Crippen molar-refractivity contribution >= 4 is 23.8 Å². The Morgan fingerprint density at radius 1 is 1.41 bits per heavy atom. The lowest BCUT2D eigenvalue weighted by Gasteiger charge is -2.24. The molecule has 0 heterocycles. The molecular formula is C10H19NO5S. The molecule has 0 rings (SSSR count). The molecule has 3 N–H and O–H groups in total. The Hall–Kier alpha value is -0.950. The van der Waals surface area contributed by atoms with Gasteiger partial charge in [-0.1, -0.05) is 0 Å². The second-order valence-electron chi connectivity index (χ2n) is 4.49. The van der Waals surface area contributed by atoms with E-state index in [1.54, 1.807) is 27.0 Å². The van der Waals surface area contributed by atoms with Gasteiger partial charge in [-0.2, -0.15) is 11.8 Å². The summed E-state index contributed by atoms with van der Waals surface area (Å²) in [7, 11) is 0. The fourth-order valence-corrected chi connectivity index (χ4v) is 1.65. The van der Waals surface area contributed by atoms with E-state index in [1.165, 1.54) is 11.8 Å². The van der Waals surface area contributed by atoms with Crippen LogP contribution in [0.2, 0.25) is 0 Å². The number of thioether (sulfide) groups is 1. The largest absolute Gasteiger partial charge is 0.479 e. The molecule has 0 aromatic rings. The zero-order valence-corrected chi connectivity index (χ0v) is 11.2. The normalized spacial score (nSPS) is 14.9. The third-order valence-electron chi connectivity index (χ3n) is 1.68. The van der Waals surface area contributed by atoms with E-state index < -0.39 is 29.8 Å². The first-order chi connectivity index (χ1) is 7.67. The summed E-state index contributed by atoms with van der Waals surface area (Å²) in [5, 5.41) is 20.4. The minimum atomic E-state index is -1.64. The Kier molecular flexibility index (Phi) is 6.33. The van der Waals surface area contributed by atoms with Crippen LogP contribution in [0.4, 0.5) is 4.79 Å². The molecule has 0 fully saturated rings. The van der Waals surface area contributed by atoms with Gasteiger partial charge in [0, 0.05) is 5.75 Å². The van der Waals surface area contributed by atoms with Crippen molar-refractivity contribution in [3.05, 3.63) is 0 Å². The van der Waals surface area contributed by atoms with Crippen LogP contribution in [0.15, 0.2) is 0 Å². The van der Waals surface area contributed by atoms with Crippen molar-refractivity contribution < 1.29 is 24.5 Å². The number of carboxylic acid groups (broad SMARTS) is 1. The third kappa shape index (κ3) is 7.06. The van der Waals surface area contributed by atoms with E-state index in [-0.39, 0.29) is 5.75 Å². The van der Waals surface area contributed by atoms with Crippen LogP contribution in [0.25, 0.3) is 0 Å². The van der Waals surface area contributed by atoms with Crippen LogP contribution in [-0.2, 0) is 9.53 Å². The van der Waals surface area contributed by atoms with Crippen LogP contribution in [0, 0.1) is 0 Å². The van der Waals surface area contributed by atoms with Crippen molar-refractivity contribution in [3.63, 3.8) is 0 Å². The second kappa shape index (κ2) is 6.70. The summed E-state index contributed by atoms with van der Waals surface area (Å²) in [6.07, 6.45) is -0.634. The number of carbonyl (C=O) groups excluding carboxylic acids is 1. The molecule has 0 saturated carbocycles. The third-order valence-corrected chi connectivity index (χ3v) is 2.37. The second-order valence-corrected chi connectivity index (χ2v) is 5.40. The molecule has 0 aromatic heterocycles. The summed E-state index contributed by atoms with van der Waals surface area (Å²) in [5.41, 5.74) is -0.665. The van der Waals surface area contributed by atoms with Gasteiger partial charge in [-0.3, -0.25) is 0 Å². The highest BCUT2D eigenvalue weighted by atomic mass is 32.2. The number of aliphatic carboxylic acids is 1. The lowest BCUT2D eigenvalue weighted by atomic mass is 10.2. The van der Waals surface area contributed by atoms with Crippen molar-refractivity contribution in [2.45, 2.75) is 38.5 Å². The molecule has 17 heavy (non-hydrogen) atoms. The average Bonchev–Trinajstić information content (AvgIpc) is 2.12. The molecule has 0 spiro atoms. The summed E-state index contributed by atoms with van der Waals surface area (Å²) in [6.45, 7) is 5.09. The van der Waals surface area contributed by atoms with Crippen molar-refractivity contribution in [3.8, 4) is 0 Å². The zero-order chi connectivity index (χ0) is 13.6. The maximum absolute atomic E-state index is 11.4. The average molecular weight is 265 g/mol. The Morgan fingerprint density at radius 3 is 2.29 bits per heavy atom. The standard InChI is InChI=1S/C10H19NO5S/c1-10(2,3)16-9(15)11-6(5-17-4)7(12)8(13)14/h6-7,12H,5H2,1-4H3,(H,11,15)(H,13,14)/t6-,7+/m0/s1. The first-order valence-corrected chi connectivity index (χ1v) is 6.46. The monoisotopic (exact) mass is 265 g/mol. The number of hydrogen-bond donors (Lipinski definition) is 3. The summed E-state index contributed by atoms with van der Waals surface area (Å²) in [5.74, 6) is -1.09. The lowest BCUT2D eigenvalue weighted by molar-refractivity contribution is -0.147. The van der Waals surface area contributed by atoms with E-state index in [4.69, 9.17) is 9.84 Å². The molecule has 7 heteroatoms. The number of ether oxygens (including phenoxy) is 1. The SMILES string of the molecule is CSC[C@H](NC(=O)OC(C)(C)C)[C@@H](O)C(=O)O. The van der Waals surface area contributed by atoms with Crippen LogP contribution < -0.4 is 5.32 Å². The first kappa shape index (κ1) is 16.1. The number of aliphatic hydroxyl groups is 1. The predicted molar refractivity (Wildman–Crippen MR) is 65.2 cm³/mol. The van der Waals surface area contributed by atoms with Crippen LogP contribution in [0.1, 0.15) is 20.8 Å². The van der Waals surface area contributed by atoms with Crippen molar-refractivity contribution in [2.75, 3.05) is 12.0 Å². The van der Waals surface area contributed by atoms with Gasteiger partial charge in [-0.25, -0.2) is 9.59 Å². The van der Waals surface area contributed by atoms with Crippen LogP contribution in [-0.4, -0.2) is 52.0 Å². The van der Waals surface area contributed by atoms with Crippen LogP contribution >= 0.6 is 11.8 Å². The van der Waals surface area contributed by atoms with Gasteiger partial charge in [0.15, 0.2) is 6.10 Å². The van der Waals surface area contributed by atoms with Crippen molar-refractivity contribution in [1.82, 2.24) is 5.32 Å². The van der Waals surface area contributed by atoms with E-state index in [0.717, 1.165) is 0 Å². The first-order valence-electron chi connectivity index (χ1n) is 5.06. The number of amides is 1. The molecule has 0 aliphatic heterocycles. The molecule has 0 saturated heterocycles. The molecular weight excluding hydrogens is 246 g/mol. The smallest absolute Gasteiger partial charge is 0.408 e. The molecule has 0 bridgehead atoms. The lowest BCUT2D eigenvalue weighted by Crippen LogP contribution is -2.49. The summed E-state index contributed by atoms with van der Waals surface area (Å²) in [4.78, 5) is 22.1. The quantitative estimate of drug-likeness (QED) is 0.677. The molecule has 0 radical (unpaired) electrons. The molecule has 100 valence electrons. The molecule has 6 nitrogen and oxygen atoms in total. The number of hydrogen-bond acceptors (Lipinski definition) is 5. The van der Waals surface area contributed by atoms with Crippen molar-refractivity contribution in [1.29, 1.82) is 0 Å². The summed E-state index contributed by atoms with van der Waals surface area (Å²) < 4.78 is 4.98. The van der Waals surface area contributed by atoms with Crippen molar-refractivity contribution in [2.24, 2.45) is 0 Å². The Bertz CT molecular complexity index is 276. The maximum atomic E-state index is 11.4. The fourth-order valence-electron chi connectivity index (χ4n) is 1.02. The molecule has 2 atom stereocenters. The number of nitrogens with one attached hydrogen (secondary N) is 1. The van der Waals surface area contributed by atoms with E-state index in [2.05, 4.69) is 5.32 Å². The minimum absolute atomic E-state index is 0.284. The Labute approximate surface area is 105 Å². The highest BCUT2D eigenvalue weighted by Gasteiger charge is 2.28. The van der Waals surface area contributed by atoms with E-state index >= 15 is 0 Å². The maximum Gasteiger partial charge on any atom is 0.408 e. The number of carboxylic acids is 1. The van der Waals surface area contributed by atoms with E-state index in [0.29, 0.717) is 0 Å². The van der Waals surface area contributed by atoms with Gasteiger partial charge in [0.05, 0.1) is 6.04 Å². The van der Waals surface area contributed by atoms with Gasteiger partial charge in [0.2, 0.25) is 0 Å². The molecule has 0 aromatic carbocycles. The predicted octanol–water partition coefficient (Wildman–Crippen LogP) is 0.688.